The third kappa shape index (κ3) is 4.80. The van der Waals surface area contributed by atoms with Gasteiger partial charge in [0.15, 0.2) is 0 Å². The van der Waals surface area contributed by atoms with Crippen LogP contribution in [0.15, 0.2) is 48.5 Å². The molecule has 0 radical (unpaired) electrons. The van der Waals surface area contributed by atoms with Crippen molar-refractivity contribution in [1.82, 2.24) is 5.32 Å². The summed E-state index contributed by atoms with van der Waals surface area (Å²) >= 11 is 0. The van der Waals surface area contributed by atoms with Crippen molar-refractivity contribution in [1.29, 1.82) is 0 Å². The summed E-state index contributed by atoms with van der Waals surface area (Å²) in [6, 6.07) is 17.2. The largest absolute Gasteiger partial charge is 0.377 e. The first-order chi connectivity index (χ1) is 9.78. The maximum Gasteiger partial charge on any atom is 0.0716 e. The molecule has 0 unspecified atom stereocenters. The second-order valence-corrected chi connectivity index (χ2v) is 5.05. The SMILES string of the molecule is CCOCc1ccc(CNCc2cccc(C)c2)cc1. The number of nitrogens with one attached hydrogen (secondary N) is 1. The van der Waals surface area contributed by atoms with E-state index >= 15 is 0 Å². The van der Waals surface area contributed by atoms with Crippen LogP contribution < -0.4 is 5.32 Å². The number of aryl methyl sites for hydroxylation is 1. The lowest BCUT2D eigenvalue weighted by atomic mass is 10.1. The zero-order valence-electron chi connectivity index (χ0n) is 12.4. The molecule has 2 aromatic rings. The van der Waals surface area contributed by atoms with Crippen LogP contribution in [0, 0.1) is 6.92 Å². The molecule has 0 saturated carbocycles. The smallest absolute Gasteiger partial charge is 0.0716 e. The van der Waals surface area contributed by atoms with E-state index in [4.69, 9.17) is 4.74 Å². The molecule has 0 aliphatic heterocycles. The van der Waals surface area contributed by atoms with Crippen LogP contribution in [0.4, 0.5) is 0 Å². The van der Waals surface area contributed by atoms with Crippen molar-refractivity contribution in [2.24, 2.45) is 0 Å². The van der Waals surface area contributed by atoms with Crippen LogP contribution in [-0.2, 0) is 24.4 Å². The Morgan fingerprint density at radius 3 is 2.30 bits per heavy atom. The van der Waals surface area contributed by atoms with Gasteiger partial charge >= 0.3 is 0 Å². The summed E-state index contributed by atoms with van der Waals surface area (Å²) in [5.41, 5.74) is 5.18. The predicted molar refractivity (Wildman–Crippen MR) is 83.5 cm³/mol. The van der Waals surface area contributed by atoms with Crippen LogP contribution >= 0.6 is 0 Å². The van der Waals surface area contributed by atoms with E-state index in [0.717, 1.165) is 19.7 Å². The third-order valence-electron chi connectivity index (χ3n) is 3.24. The van der Waals surface area contributed by atoms with Gasteiger partial charge < -0.3 is 10.1 Å². The van der Waals surface area contributed by atoms with E-state index in [0.29, 0.717) is 6.61 Å². The van der Waals surface area contributed by atoms with E-state index in [9.17, 15) is 0 Å². The molecule has 2 rings (SSSR count). The highest BCUT2D eigenvalue weighted by atomic mass is 16.5. The number of rotatable bonds is 7. The topological polar surface area (TPSA) is 21.3 Å². The molecule has 2 heteroatoms. The van der Waals surface area contributed by atoms with Crippen molar-refractivity contribution in [3.63, 3.8) is 0 Å². The fourth-order valence-corrected chi connectivity index (χ4v) is 2.15. The van der Waals surface area contributed by atoms with Crippen molar-refractivity contribution in [2.45, 2.75) is 33.5 Å². The lowest BCUT2D eigenvalue weighted by Crippen LogP contribution is -2.12. The molecule has 0 fully saturated rings. The van der Waals surface area contributed by atoms with E-state index in [1.165, 1.54) is 22.3 Å². The van der Waals surface area contributed by atoms with Gasteiger partial charge in [-0.05, 0) is 30.5 Å². The number of ether oxygens (including phenoxy) is 1. The van der Waals surface area contributed by atoms with Gasteiger partial charge in [0.2, 0.25) is 0 Å². The normalized spacial score (nSPS) is 10.7. The van der Waals surface area contributed by atoms with E-state index in [1.54, 1.807) is 0 Å². The quantitative estimate of drug-likeness (QED) is 0.825. The molecule has 1 N–H and O–H groups in total. The average molecular weight is 269 g/mol. The van der Waals surface area contributed by atoms with E-state index in [1.807, 2.05) is 6.92 Å². The summed E-state index contributed by atoms with van der Waals surface area (Å²) in [5.74, 6) is 0. The molecule has 0 aliphatic carbocycles. The Morgan fingerprint density at radius 2 is 1.60 bits per heavy atom. The Morgan fingerprint density at radius 1 is 0.900 bits per heavy atom. The van der Waals surface area contributed by atoms with Gasteiger partial charge in [0, 0.05) is 19.7 Å². The molecule has 20 heavy (non-hydrogen) atoms. The van der Waals surface area contributed by atoms with Crippen molar-refractivity contribution < 1.29 is 4.74 Å². The molecule has 0 bridgehead atoms. The zero-order chi connectivity index (χ0) is 14.2. The Hall–Kier alpha value is -1.64. The molecule has 0 saturated heterocycles. The van der Waals surface area contributed by atoms with Gasteiger partial charge in [0.25, 0.3) is 0 Å². The summed E-state index contributed by atoms with van der Waals surface area (Å²) in [7, 11) is 0. The van der Waals surface area contributed by atoms with Gasteiger partial charge in [-0.25, -0.2) is 0 Å². The van der Waals surface area contributed by atoms with Crippen molar-refractivity contribution in [3.05, 3.63) is 70.8 Å². The molecule has 106 valence electrons. The lowest BCUT2D eigenvalue weighted by Gasteiger charge is -2.07. The van der Waals surface area contributed by atoms with Crippen molar-refractivity contribution in [2.75, 3.05) is 6.61 Å². The molecular formula is C18H23NO. The first kappa shape index (κ1) is 14.8. The molecule has 0 heterocycles. The zero-order valence-corrected chi connectivity index (χ0v) is 12.4. The van der Waals surface area contributed by atoms with E-state index in [-0.39, 0.29) is 0 Å². The van der Waals surface area contributed by atoms with Crippen molar-refractivity contribution in [3.8, 4) is 0 Å². The summed E-state index contributed by atoms with van der Waals surface area (Å²) in [6.07, 6.45) is 0. The van der Waals surface area contributed by atoms with Gasteiger partial charge in [0.1, 0.15) is 0 Å². The molecule has 0 amide bonds. The molecule has 2 nitrogen and oxygen atoms in total. The van der Waals surface area contributed by atoms with Gasteiger partial charge in [-0.3, -0.25) is 0 Å². The minimum atomic E-state index is 0.702. The second-order valence-electron chi connectivity index (χ2n) is 5.05. The monoisotopic (exact) mass is 269 g/mol. The highest BCUT2D eigenvalue weighted by molar-refractivity contribution is 5.23. The summed E-state index contributed by atoms with van der Waals surface area (Å²) in [4.78, 5) is 0. The first-order valence-electron chi connectivity index (χ1n) is 7.19. The van der Waals surface area contributed by atoms with Crippen LogP contribution in [0.25, 0.3) is 0 Å². The molecule has 0 atom stereocenters. The number of benzene rings is 2. The minimum absolute atomic E-state index is 0.702. The van der Waals surface area contributed by atoms with Crippen LogP contribution in [0.5, 0.6) is 0 Å². The standard InChI is InChI=1S/C18H23NO/c1-3-20-14-17-9-7-16(8-10-17)12-19-13-18-6-4-5-15(2)11-18/h4-11,19H,3,12-14H2,1-2H3. The average Bonchev–Trinajstić information content (AvgIpc) is 2.46. The Kier molecular flexibility index (Phi) is 5.78. The molecular weight excluding hydrogens is 246 g/mol. The van der Waals surface area contributed by atoms with Crippen molar-refractivity contribution >= 4 is 0 Å². The Balaban J connectivity index is 1.79. The maximum absolute atomic E-state index is 5.39. The minimum Gasteiger partial charge on any atom is -0.377 e. The molecule has 2 aromatic carbocycles. The summed E-state index contributed by atoms with van der Waals surface area (Å²) in [5, 5.41) is 3.48. The third-order valence-corrected chi connectivity index (χ3v) is 3.24. The Bertz CT molecular complexity index is 519. The second kappa shape index (κ2) is 7.83. The van der Waals surface area contributed by atoms with Crippen LogP contribution in [0.2, 0.25) is 0 Å². The van der Waals surface area contributed by atoms with Gasteiger partial charge in [-0.1, -0.05) is 54.1 Å². The van der Waals surface area contributed by atoms with Crippen LogP contribution in [-0.4, -0.2) is 6.61 Å². The maximum atomic E-state index is 5.39. The van der Waals surface area contributed by atoms with Gasteiger partial charge in [0.05, 0.1) is 6.61 Å². The number of hydrogen-bond donors (Lipinski definition) is 1. The lowest BCUT2D eigenvalue weighted by molar-refractivity contribution is 0.134. The van der Waals surface area contributed by atoms with E-state index in [2.05, 4.69) is 60.8 Å². The fourth-order valence-electron chi connectivity index (χ4n) is 2.15. The highest BCUT2D eigenvalue weighted by Crippen LogP contribution is 2.07. The summed E-state index contributed by atoms with van der Waals surface area (Å²) in [6.45, 7) is 7.41. The van der Waals surface area contributed by atoms with E-state index < -0.39 is 0 Å². The summed E-state index contributed by atoms with van der Waals surface area (Å²) < 4.78 is 5.39. The predicted octanol–water partition coefficient (Wildman–Crippen LogP) is 3.82. The van der Waals surface area contributed by atoms with Crippen LogP contribution in [0.1, 0.15) is 29.2 Å². The molecule has 0 aliphatic rings. The highest BCUT2D eigenvalue weighted by Gasteiger charge is 1.96. The van der Waals surface area contributed by atoms with Gasteiger partial charge in [-0.15, -0.1) is 0 Å². The Labute approximate surface area is 121 Å². The fraction of sp³-hybridized carbons (Fsp3) is 0.333. The van der Waals surface area contributed by atoms with Gasteiger partial charge in [-0.2, -0.15) is 0 Å². The number of hydrogen-bond acceptors (Lipinski definition) is 2. The first-order valence-corrected chi connectivity index (χ1v) is 7.19. The molecule has 0 aromatic heterocycles. The van der Waals surface area contributed by atoms with Crippen LogP contribution in [0.3, 0.4) is 0 Å². The molecule has 0 spiro atoms.